The van der Waals surface area contributed by atoms with Crippen LogP contribution in [0.1, 0.15) is 37.5 Å². The van der Waals surface area contributed by atoms with Gasteiger partial charge in [-0.15, -0.1) is 0 Å². The first kappa shape index (κ1) is 16.2. The maximum atomic E-state index is 5.98. The number of aryl methyl sites for hydroxylation is 1. The molecule has 0 fully saturated rings. The van der Waals surface area contributed by atoms with Crippen molar-refractivity contribution in [2.24, 2.45) is 0 Å². The Labute approximate surface area is 117 Å². The Hall–Kier alpha value is -0.900. The van der Waals surface area contributed by atoms with Gasteiger partial charge in [0, 0.05) is 32.9 Å². The topological polar surface area (TPSA) is 30.5 Å². The summed E-state index contributed by atoms with van der Waals surface area (Å²) in [7, 11) is 1.72. The summed E-state index contributed by atoms with van der Waals surface area (Å²) in [5.74, 6) is 0. The summed E-state index contributed by atoms with van der Waals surface area (Å²) in [4.78, 5) is 0. The third-order valence-electron chi connectivity index (χ3n) is 2.97. The van der Waals surface area contributed by atoms with Crippen LogP contribution in [0, 0.1) is 6.92 Å². The van der Waals surface area contributed by atoms with Crippen LogP contribution in [0.25, 0.3) is 0 Å². The predicted molar refractivity (Wildman–Crippen MR) is 79.5 cm³/mol. The summed E-state index contributed by atoms with van der Waals surface area (Å²) in [6.07, 6.45) is 1.04. The van der Waals surface area contributed by atoms with Crippen LogP contribution < -0.4 is 5.32 Å². The summed E-state index contributed by atoms with van der Waals surface area (Å²) in [6, 6.07) is 9.04. The van der Waals surface area contributed by atoms with Crippen LogP contribution in [-0.2, 0) is 9.47 Å². The van der Waals surface area contributed by atoms with Crippen molar-refractivity contribution in [3.8, 4) is 0 Å². The second kappa shape index (κ2) is 9.08. The Balaban J connectivity index is 2.54. The van der Waals surface area contributed by atoms with E-state index in [4.69, 9.17) is 9.47 Å². The van der Waals surface area contributed by atoms with Crippen LogP contribution in [-0.4, -0.2) is 32.9 Å². The van der Waals surface area contributed by atoms with E-state index in [0.29, 0.717) is 6.04 Å². The molecule has 0 aliphatic carbocycles. The van der Waals surface area contributed by atoms with Crippen molar-refractivity contribution in [2.45, 2.75) is 39.3 Å². The first-order valence-electron chi connectivity index (χ1n) is 7.04. The SMILES string of the molecule is COCCCOC(CNC(C)C)c1ccc(C)cc1. The van der Waals surface area contributed by atoms with Gasteiger partial charge in [0.2, 0.25) is 0 Å². The summed E-state index contributed by atoms with van der Waals surface area (Å²) in [6.45, 7) is 8.72. The molecule has 1 aromatic rings. The molecule has 0 bridgehead atoms. The lowest BCUT2D eigenvalue weighted by Crippen LogP contribution is -2.29. The molecule has 0 amide bonds. The summed E-state index contributed by atoms with van der Waals surface area (Å²) in [5.41, 5.74) is 2.51. The molecule has 0 aliphatic rings. The van der Waals surface area contributed by atoms with Gasteiger partial charge in [-0.3, -0.25) is 0 Å². The zero-order valence-corrected chi connectivity index (χ0v) is 12.6. The van der Waals surface area contributed by atoms with Crippen LogP contribution in [0.2, 0.25) is 0 Å². The minimum atomic E-state index is 0.111. The minimum Gasteiger partial charge on any atom is -0.385 e. The zero-order chi connectivity index (χ0) is 14.1. The monoisotopic (exact) mass is 265 g/mol. The van der Waals surface area contributed by atoms with Gasteiger partial charge in [-0.2, -0.15) is 0 Å². The van der Waals surface area contributed by atoms with Crippen LogP contribution in [0.15, 0.2) is 24.3 Å². The molecule has 0 heterocycles. The lowest BCUT2D eigenvalue weighted by molar-refractivity contribution is 0.0377. The fourth-order valence-corrected chi connectivity index (χ4v) is 1.83. The van der Waals surface area contributed by atoms with Gasteiger partial charge in [0.15, 0.2) is 0 Å². The largest absolute Gasteiger partial charge is 0.385 e. The molecule has 0 aromatic heterocycles. The van der Waals surface area contributed by atoms with Gasteiger partial charge in [-0.1, -0.05) is 43.7 Å². The number of rotatable bonds is 9. The normalized spacial score (nSPS) is 12.9. The Morgan fingerprint density at radius 2 is 1.79 bits per heavy atom. The lowest BCUT2D eigenvalue weighted by atomic mass is 10.1. The van der Waals surface area contributed by atoms with Gasteiger partial charge in [0.05, 0.1) is 6.10 Å². The van der Waals surface area contributed by atoms with Gasteiger partial charge in [-0.25, -0.2) is 0 Å². The Bertz CT molecular complexity index is 335. The molecule has 0 aliphatic heterocycles. The number of ether oxygens (including phenoxy) is 2. The van der Waals surface area contributed by atoms with Crippen LogP contribution in [0.5, 0.6) is 0 Å². The molecule has 1 unspecified atom stereocenters. The number of hydrogen-bond acceptors (Lipinski definition) is 3. The van der Waals surface area contributed by atoms with Crippen molar-refractivity contribution in [1.29, 1.82) is 0 Å². The minimum absolute atomic E-state index is 0.111. The molecule has 1 rings (SSSR count). The highest BCUT2D eigenvalue weighted by atomic mass is 16.5. The van der Waals surface area contributed by atoms with Crippen molar-refractivity contribution in [2.75, 3.05) is 26.9 Å². The number of nitrogens with one attached hydrogen (secondary N) is 1. The van der Waals surface area contributed by atoms with Crippen molar-refractivity contribution in [3.05, 3.63) is 35.4 Å². The molecular formula is C16H27NO2. The van der Waals surface area contributed by atoms with E-state index < -0.39 is 0 Å². The van der Waals surface area contributed by atoms with Crippen LogP contribution in [0.4, 0.5) is 0 Å². The van der Waals surface area contributed by atoms with Gasteiger partial charge in [0.1, 0.15) is 0 Å². The van der Waals surface area contributed by atoms with Gasteiger partial charge < -0.3 is 14.8 Å². The number of hydrogen-bond donors (Lipinski definition) is 1. The lowest BCUT2D eigenvalue weighted by Gasteiger charge is -2.20. The Morgan fingerprint density at radius 1 is 1.11 bits per heavy atom. The number of methoxy groups -OCH3 is 1. The number of benzene rings is 1. The highest BCUT2D eigenvalue weighted by molar-refractivity contribution is 5.23. The smallest absolute Gasteiger partial charge is 0.0949 e. The fraction of sp³-hybridized carbons (Fsp3) is 0.625. The second-order valence-electron chi connectivity index (χ2n) is 5.18. The van der Waals surface area contributed by atoms with E-state index in [9.17, 15) is 0 Å². The van der Waals surface area contributed by atoms with Crippen LogP contribution >= 0.6 is 0 Å². The predicted octanol–water partition coefficient (Wildman–Crippen LogP) is 3.09. The molecule has 3 nitrogen and oxygen atoms in total. The molecular weight excluding hydrogens is 238 g/mol. The highest BCUT2D eigenvalue weighted by Crippen LogP contribution is 2.18. The zero-order valence-electron chi connectivity index (χ0n) is 12.6. The van der Waals surface area contributed by atoms with Gasteiger partial charge in [-0.05, 0) is 18.9 Å². The van der Waals surface area contributed by atoms with Crippen molar-refractivity contribution in [1.82, 2.24) is 5.32 Å². The van der Waals surface area contributed by atoms with E-state index in [1.165, 1.54) is 11.1 Å². The first-order chi connectivity index (χ1) is 9.13. The molecule has 0 radical (unpaired) electrons. The molecule has 0 spiro atoms. The van der Waals surface area contributed by atoms with Gasteiger partial charge >= 0.3 is 0 Å². The third kappa shape index (κ3) is 6.71. The van der Waals surface area contributed by atoms with E-state index in [1.54, 1.807) is 7.11 Å². The average molecular weight is 265 g/mol. The molecule has 3 heteroatoms. The molecule has 1 N–H and O–H groups in total. The summed E-state index contributed by atoms with van der Waals surface area (Å²) in [5, 5.41) is 3.44. The first-order valence-corrected chi connectivity index (χ1v) is 7.04. The van der Waals surface area contributed by atoms with Crippen molar-refractivity contribution < 1.29 is 9.47 Å². The third-order valence-corrected chi connectivity index (χ3v) is 2.97. The second-order valence-corrected chi connectivity index (χ2v) is 5.18. The molecule has 0 saturated carbocycles. The van der Waals surface area contributed by atoms with Crippen molar-refractivity contribution in [3.63, 3.8) is 0 Å². The van der Waals surface area contributed by atoms with E-state index in [2.05, 4.69) is 50.4 Å². The van der Waals surface area contributed by atoms with E-state index in [1.807, 2.05) is 0 Å². The standard InChI is InChI=1S/C16H27NO2/c1-13(2)17-12-16(19-11-5-10-18-4)15-8-6-14(3)7-9-15/h6-9,13,16-17H,5,10-12H2,1-4H3. The quantitative estimate of drug-likeness (QED) is 0.696. The summed E-state index contributed by atoms with van der Waals surface area (Å²) < 4.78 is 11.0. The average Bonchev–Trinajstić information content (AvgIpc) is 2.39. The summed E-state index contributed by atoms with van der Waals surface area (Å²) >= 11 is 0. The molecule has 1 atom stereocenters. The van der Waals surface area contributed by atoms with Gasteiger partial charge in [0.25, 0.3) is 0 Å². The maximum Gasteiger partial charge on any atom is 0.0949 e. The molecule has 1 aromatic carbocycles. The van der Waals surface area contributed by atoms with Crippen molar-refractivity contribution >= 4 is 0 Å². The van der Waals surface area contributed by atoms with E-state index in [0.717, 1.165) is 26.2 Å². The highest BCUT2D eigenvalue weighted by Gasteiger charge is 2.12. The van der Waals surface area contributed by atoms with E-state index in [-0.39, 0.29) is 6.10 Å². The molecule has 19 heavy (non-hydrogen) atoms. The Morgan fingerprint density at radius 3 is 2.37 bits per heavy atom. The van der Waals surface area contributed by atoms with E-state index >= 15 is 0 Å². The maximum absolute atomic E-state index is 5.98. The van der Waals surface area contributed by atoms with Crippen LogP contribution in [0.3, 0.4) is 0 Å². The fourth-order valence-electron chi connectivity index (χ4n) is 1.83. The Kier molecular flexibility index (Phi) is 7.72. The molecule has 108 valence electrons. The molecule has 0 saturated heterocycles.